The van der Waals surface area contributed by atoms with Crippen LogP contribution in [0.15, 0.2) is 38.2 Å². The summed E-state index contributed by atoms with van der Waals surface area (Å²) in [6.07, 6.45) is 9.89. The molecule has 0 radical (unpaired) electrons. The quantitative estimate of drug-likeness (QED) is 0.399. The van der Waals surface area contributed by atoms with Crippen molar-refractivity contribution in [2.45, 2.75) is 44.7 Å². The standard InChI is InChI=1S/C21H22Br2Cl2N4OSe/c22-18-9-8-17(31-18)20-19(23)15(11-26-21(30)27-13-4-2-1-3-5-13)28-29(20)16-7-6-12(24)10-14(16)25/h6-10,13H,1-5,11,31H2,(H2,26,27,30). The summed E-state index contributed by atoms with van der Waals surface area (Å²) in [6.45, 7) is 0.312. The molecule has 2 heterocycles. The van der Waals surface area contributed by atoms with Gasteiger partial charge in [0, 0.05) is 0 Å². The number of carbonyl (C=O) groups excluding carboxylic acids is 1. The van der Waals surface area contributed by atoms with E-state index in [1.807, 2.05) is 10.7 Å². The van der Waals surface area contributed by atoms with Crippen LogP contribution < -0.4 is 10.6 Å². The van der Waals surface area contributed by atoms with Gasteiger partial charge < -0.3 is 0 Å². The van der Waals surface area contributed by atoms with Crippen molar-refractivity contribution in [2.24, 2.45) is 0 Å². The molecule has 1 fully saturated rings. The number of amides is 2. The molecule has 2 aliphatic rings. The molecular weight excluding hydrogens is 634 g/mol. The third-order valence-electron chi connectivity index (χ3n) is 5.29. The Kier molecular flexibility index (Phi) is 7.89. The molecule has 0 unspecified atom stereocenters. The molecule has 4 rings (SSSR count). The summed E-state index contributed by atoms with van der Waals surface area (Å²) >= 11 is 19.4. The Morgan fingerprint density at radius 2 is 1.97 bits per heavy atom. The number of hydrogen-bond acceptors (Lipinski definition) is 2. The molecule has 10 heteroatoms. The van der Waals surface area contributed by atoms with Crippen molar-refractivity contribution < 1.29 is 4.79 Å². The van der Waals surface area contributed by atoms with Gasteiger partial charge in [0.1, 0.15) is 0 Å². The van der Waals surface area contributed by atoms with Gasteiger partial charge in [-0.3, -0.25) is 0 Å². The van der Waals surface area contributed by atoms with Crippen LogP contribution in [0.2, 0.25) is 10.0 Å². The molecule has 1 aliphatic carbocycles. The molecule has 5 nitrogen and oxygen atoms in total. The van der Waals surface area contributed by atoms with E-state index in [4.69, 9.17) is 28.3 Å². The molecule has 0 atom stereocenters. The molecule has 0 spiro atoms. The fraction of sp³-hybridized carbons (Fsp3) is 0.333. The summed E-state index contributed by atoms with van der Waals surface area (Å²) in [5.41, 5.74) is 2.45. The van der Waals surface area contributed by atoms with Crippen LogP contribution in [-0.2, 0) is 6.54 Å². The maximum atomic E-state index is 12.4. The molecule has 1 aromatic heterocycles. The van der Waals surface area contributed by atoms with Crippen molar-refractivity contribution in [2.75, 3.05) is 0 Å². The Morgan fingerprint density at radius 1 is 1.19 bits per heavy atom. The van der Waals surface area contributed by atoms with Gasteiger partial charge in [0.05, 0.1) is 0 Å². The van der Waals surface area contributed by atoms with Gasteiger partial charge in [-0.05, 0) is 0 Å². The van der Waals surface area contributed by atoms with Gasteiger partial charge in [-0.15, -0.1) is 0 Å². The fourth-order valence-corrected chi connectivity index (χ4v) is 8.46. The number of urea groups is 1. The third-order valence-corrected chi connectivity index (χ3v) is 10.2. The van der Waals surface area contributed by atoms with E-state index in [1.54, 1.807) is 12.1 Å². The van der Waals surface area contributed by atoms with Gasteiger partial charge in [-0.25, -0.2) is 0 Å². The Bertz CT molecular complexity index is 1060. The van der Waals surface area contributed by atoms with E-state index in [1.165, 1.54) is 27.1 Å². The number of nitrogens with zero attached hydrogens (tertiary/aromatic N) is 2. The predicted octanol–water partition coefficient (Wildman–Crippen LogP) is 5.83. The van der Waals surface area contributed by atoms with Crippen molar-refractivity contribution in [3.63, 3.8) is 0 Å². The van der Waals surface area contributed by atoms with Crippen LogP contribution in [-0.4, -0.2) is 36.8 Å². The molecule has 2 N–H and O–H groups in total. The van der Waals surface area contributed by atoms with Crippen molar-refractivity contribution in [3.05, 3.63) is 59.6 Å². The Morgan fingerprint density at radius 3 is 2.65 bits per heavy atom. The first-order chi connectivity index (χ1) is 14.9. The second-order valence-electron chi connectivity index (χ2n) is 7.50. The summed E-state index contributed by atoms with van der Waals surface area (Å²) in [6, 6.07) is 5.47. The molecule has 1 aliphatic heterocycles. The van der Waals surface area contributed by atoms with Gasteiger partial charge in [-0.2, -0.15) is 0 Å². The number of halogens is 4. The zero-order valence-electron chi connectivity index (χ0n) is 16.5. The monoisotopic (exact) mass is 654 g/mol. The molecule has 0 bridgehead atoms. The average molecular weight is 656 g/mol. The van der Waals surface area contributed by atoms with Crippen molar-refractivity contribution >= 4 is 80.5 Å². The van der Waals surface area contributed by atoms with Crippen LogP contribution in [0.1, 0.15) is 43.5 Å². The topological polar surface area (TPSA) is 59.0 Å². The summed E-state index contributed by atoms with van der Waals surface area (Å²) < 4.78 is 5.14. The summed E-state index contributed by atoms with van der Waals surface area (Å²) in [5, 5.41) is 11.9. The minimum absolute atomic E-state index is 0.155. The Hall–Kier alpha value is -0.761. The molecule has 1 saturated carbocycles. The first-order valence-corrected chi connectivity index (χ1v) is 14.5. The Labute approximate surface area is 214 Å². The number of allylic oxidation sites excluding steroid dienone is 2. The van der Waals surface area contributed by atoms with E-state index in [9.17, 15) is 4.79 Å². The van der Waals surface area contributed by atoms with Crippen LogP contribution in [0.25, 0.3) is 10.2 Å². The van der Waals surface area contributed by atoms with E-state index >= 15 is 0 Å². The predicted molar refractivity (Wildman–Crippen MR) is 137 cm³/mol. The SMILES string of the molecule is O=C(NCc1nn(-c2ccc(Cl)cc2Cl)c(C2=CC=C(Br)[SeH2]2)c1Br)NC1CCCCC1. The first kappa shape index (κ1) is 23.4. The number of nitrogens with one attached hydrogen (secondary N) is 2. The van der Waals surface area contributed by atoms with Crippen LogP contribution in [0, 0.1) is 0 Å². The number of hydrogen-bond donors (Lipinski definition) is 2. The molecule has 2 aromatic rings. The van der Waals surface area contributed by atoms with Gasteiger partial charge in [0.2, 0.25) is 0 Å². The Balaban J connectivity index is 1.58. The summed E-state index contributed by atoms with van der Waals surface area (Å²) in [5.74, 6) is 0. The van der Waals surface area contributed by atoms with E-state index in [2.05, 4.69) is 54.6 Å². The van der Waals surface area contributed by atoms with Gasteiger partial charge in [0.15, 0.2) is 0 Å². The van der Waals surface area contributed by atoms with Crippen LogP contribution >= 0.6 is 55.1 Å². The van der Waals surface area contributed by atoms with E-state index in [-0.39, 0.29) is 12.1 Å². The number of carbonyl (C=O) groups is 1. The van der Waals surface area contributed by atoms with Crippen molar-refractivity contribution in [1.29, 1.82) is 0 Å². The molecule has 31 heavy (non-hydrogen) atoms. The maximum absolute atomic E-state index is 12.4. The average Bonchev–Trinajstić information content (AvgIpc) is 3.30. The fourth-order valence-electron chi connectivity index (χ4n) is 3.77. The van der Waals surface area contributed by atoms with E-state index in [0.29, 0.717) is 16.6 Å². The molecule has 0 saturated heterocycles. The zero-order valence-corrected chi connectivity index (χ0v) is 23.3. The second kappa shape index (κ2) is 10.4. The van der Waals surface area contributed by atoms with E-state index in [0.717, 1.165) is 34.4 Å². The molecule has 1 aromatic carbocycles. The second-order valence-corrected chi connectivity index (χ2v) is 14.3. The van der Waals surface area contributed by atoms with Crippen molar-refractivity contribution in [3.8, 4) is 5.69 Å². The first-order valence-electron chi connectivity index (χ1n) is 10.0. The summed E-state index contributed by atoms with van der Waals surface area (Å²) in [4.78, 5) is 12.4. The zero-order chi connectivity index (χ0) is 22.0. The normalized spacial score (nSPS) is 18.1. The van der Waals surface area contributed by atoms with Crippen LogP contribution in [0.4, 0.5) is 4.79 Å². The third kappa shape index (κ3) is 5.60. The number of rotatable bonds is 5. The van der Waals surface area contributed by atoms with E-state index < -0.39 is 15.0 Å². The number of benzene rings is 1. The van der Waals surface area contributed by atoms with Crippen molar-refractivity contribution in [1.82, 2.24) is 20.4 Å². The van der Waals surface area contributed by atoms with Gasteiger partial charge in [0.25, 0.3) is 0 Å². The van der Waals surface area contributed by atoms with Crippen LogP contribution in [0.3, 0.4) is 0 Å². The minimum atomic E-state index is -0.500. The van der Waals surface area contributed by atoms with Gasteiger partial charge >= 0.3 is 216 Å². The molecular formula is C21H22Br2Cl2N4OSe. The van der Waals surface area contributed by atoms with Crippen LogP contribution in [0.5, 0.6) is 0 Å². The van der Waals surface area contributed by atoms with Gasteiger partial charge in [-0.1, -0.05) is 0 Å². The molecule has 166 valence electrons. The summed E-state index contributed by atoms with van der Waals surface area (Å²) in [7, 11) is 0. The number of aromatic nitrogens is 2. The molecule has 2 amide bonds.